The molecule has 0 unspecified atom stereocenters. The van der Waals surface area contributed by atoms with E-state index in [1.807, 2.05) is 31.2 Å². The van der Waals surface area contributed by atoms with Crippen LogP contribution in [0.2, 0.25) is 0 Å². The summed E-state index contributed by atoms with van der Waals surface area (Å²) in [6.07, 6.45) is -3.84. The Morgan fingerprint density at radius 2 is 1.67 bits per heavy atom. The van der Waals surface area contributed by atoms with Gasteiger partial charge in [-0.15, -0.1) is 0 Å². The Kier molecular flexibility index (Phi) is 7.90. The average molecular weight is 536 g/mol. The number of hydrogen-bond acceptors (Lipinski definition) is 4. The molecule has 0 fully saturated rings. The first-order valence-corrected chi connectivity index (χ1v) is 12.4. The molecule has 1 heterocycles. The molecule has 9 heteroatoms. The van der Waals surface area contributed by atoms with E-state index in [0.717, 1.165) is 46.8 Å². The summed E-state index contributed by atoms with van der Waals surface area (Å²) < 4.78 is 45.8. The van der Waals surface area contributed by atoms with Gasteiger partial charge in [0.05, 0.1) is 22.5 Å². The minimum atomic E-state index is -4.47. The molecule has 0 aliphatic rings. The van der Waals surface area contributed by atoms with Gasteiger partial charge in [-0.2, -0.15) is 23.0 Å². The van der Waals surface area contributed by atoms with Gasteiger partial charge in [0.1, 0.15) is 0 Å². The van der Waals surface area contributed by atoms with Crippen LogP contribution in [0.3, 0.4) is 0 Å². The summed E-state index contributed by atoms with van der Waals surface area (Å²) in [5, 5.41) is 7.52. The van der Waals surface area contributed by atoms with Gasteiger partial charge in [0, 0.05) is 18.2 Å². The Labute approximate surface area is 224 Å². The topological polar surface area (TPSA) is 73.2 Å². The average Bonchev–Trinajstić information content (AvgIpc) is 3.20. The second kappa shape index (κ2) is 11.1. The van der Waals surface area contributed by atoms with Crippen LogP contribution in [0.1, 0.15) is 48.0 Å². The molecule has 1 amide bonds. The second-order valence-electron chi connectivity index (χ2n) is 9.68. The summed E-state index contributed by atoms with van der Waals surface area (Å²) in [6.45, 7) is 7.44. The number of esters is 1. The highest BCUT2D eigenvalue weighted by molar-refractivity contribution is 6.04. The van der Waals surface area contributed by atoms with E-state index in [-0.39, 0.29) is 11.5 Å². The Bertz CT molecular complexity index is 1490. The summed E-state index contributed by atoms with van der Waals surface area (Å²) in [5.41, 5.74) is 3.66. The molecule has 3 aromatic carbocycles. The van der Waals surface area contributed by atoms with Crippen molar-refractivity contribution in [2.45, 2.75) is 40.3 Å². The minimum Gasteiger partial charge on any atom is -0.407 e. The van der Waals surface area contributed by atoms with Crippen molar-refractivity contribution in [3.8, 4) is 22.7 Å². The number of aromatic nitrogens is 2. The van der Waals surface area contributed by atoms with Crippen LogP contribution < -0.4 is 10.1 Å². The Hall–Kier alpha value is -4.40. The summed E-state index contributed by atoms with van der Waals surface area (Å²) in [5.74, 6) is -0.450. The van der Waals surface area contributed by atoms with Crippen LogP contribution >= 0.6 is 0 Å². The van der Waals surface area contributed by atoms with Gasteiger partial charge in [0.25, 0.3) is 5.91 Å². The van der Waals surface area contributed by atoms with E-state index in [4.69, 9.17) is 9.84 Å². The molecule has 0 aliphatic carbocycles. The molecule has 0 saturated heterocycles. The molecule has 4 rings (SSSR count). The molecule has 1 N–H and O–H groups in total. The first kappa shape index (κ1) is 27.6. The van der Waals surface area contributed by atoms with E-state index >= 15 is 0 Å². The molecule has 0 spiro atoms. The van der Waals surface area contributed by atoms with Crippen molar-refractivity contribution in [2.75, 3.05) is 5.32 Å². The summed E-state index contributed by atoms with van der Waals surface area (Å²) in [7, 11) is 0. The van der Waals surface area contributed by atoms with Gasteiger partial charge in [-0.1, -0.05) is 38.1 Å². The highest BCUT2D eigenvalue weighted by Crippen LogP contribution is 2.37. The maximum Gasteiger partial charge on any atom is 0.416 e. The number of rotatable bonds is 7. The number of benzene rings is 3. The molecule has 202 valence electrons. The number of carbonyl (C=O) groups excluding carboxylic acids is 2. The Morgan fingerprint density at radius 1 is 1.00 bits per heavy atom. The molecule has 0 bridgehead atoms. The summed E-state index contributed by atoms with van der Waals surface area (Å²) in [6, 6.07) is 18.6. The number of carbonyl (C=O) groups is 2. The summed E-state index contributed by atoms with van der Waals surface area (Å²) in [4.78, 5) is 24.7. The lowest BCUT2D eigenvalue weighted by Gasteiger charge is -2.11. The van der Waals surface area contributed by atoms with Crippen LogP contribution in [0.25, 0.3) is 16.8 Å². The van der Waals surface area contributed by atoms with Gasteiger partial charge in [-0.25, -0.2) is 0 Å². The lowest BCUT2D eigenvalue weighted by Crippen LogP contribution is -2.12. The molecule has 39 heavy (non-hydrogen) atoms. The van der Waals surface area contributed by atoms with Crippen molar-refractivity contribution in [3.05, 3.63) is 95.2 Å². The van der Waals surface area contributed by atoms with Crippen molar-refractivity contribution in [2.24, 2.45) is 5.92 Å². The molecular formula is C30H28F3N3O3. The zero-order valence-corrected chi connectivity index (χ0v) is 22.0. The third-order valence-corrected chi connectivity index (χ3v) is 5.91. The third-order valence-electron chi connectivity index (χ3n) is 5.91. The maximum atomic E-state index is 12.8. The summed E-state index contributed by atoms with van der Waals surface area (Å²) >= 11 is 0. The first-order valence-electron chi connectivity index (χ1n) is 12.4. The largest absolute Gasteiger partial charge is 0.416 e. The molecule has 6 nitrogen and oxygen atoms in total. The highest BCUT2D eigenvalue weighted by Gasteiger charge is 2.30. The zero-order valence-electron chi connectivity index (χ0n) is 22.0. The number of hydrogen-bond donors (Lipinski definition) is 1. The number of amides is 1. The van der Waals surface area contributed by atoms with E-state index in [1.54, 1.807) is 28.9 Å². The van der Waals surface area contributed by atoms with Crippen LogP contribution in [0, 0.1) is 12.8 Å². The SMILES string of the molecule is CC(=O)Oc1c(-c2ccc(NC(=O)c3ccc(C(F)(F)F)cc3)cc2)c(CC(C)C)nn1-c1cccc(C)c1. The lowest BCUT2D eigenvalue weighted by molar-refractivity contribution is -0.137. The van der Waals surface area contributed by atoms with E-state index in [2.05, 4.69) is 19.2 Å². The van der Waals surface area contributed by atoms with Crippen molar-refractivity contribution in [1.82, 2.24) is 9.78 Å². The molecule has 0 atom stereocenters. The van der Waals surface area contributed by atoms with E-state index in [1.165, 1.54) is 6.92 Å². The van der Waals surface area contributed by atoms with E-state index in [0.29, 0.717) is 23.6 Å². The number of anilines is 1. The van der Waals surface area contributed by atoms with Crippen LogP contribution in [0.15, 0.2) is 72.8 Å². The van der Waals surface area contributed by atoms with Crippen molar-refractivity contribution in [1.29, 1.82) is 0 Å². The van der Waals surface area contributed by atoms with Crippen LogP contribution in [0.4, 0.5) is 18.9 Å². The van der Waals surface area contributed by atoms with Gasteiger partial charge in [0.15, 0.2) is 0 Å². The van der Waals surface area contributed by atoms with Gasteiger partial charge in [0.2, 0.25) is 5.88 Å². The Balaban J connectivity index is 1.68. The quantitative estimate of drug-likeness (QED) is 0.253. The number of halogens is 3. The van der Waals surface area contributed by atoms with Gasteiger partial charge < -0.3 is 10.1 Å². The second-order valence-corrected chi connectivity index (χ2v) is 9.68. The molecule has 0 aliphatic heterocycles. The zero-order chi connectivity index (χ0) is 28.3. The fourth-order valence-corrected chi connectivity index (χ4v) is 4.16. The van der Waals surface area contributed by atoms with Crippen LogP contribution in [0.5, 0.6) is 5.88 Å². The highest BCUT2D eigenvalue weighted by atomic mass is 19.4. The maximum absolute atomic E-state index is 12.8. The molecular weight excluding hydrogens is 507 g/mol. The monoisotopic (exact) mass is 535 g/mol. The molecule has 4 aromatic rings. The standard InChI is InChI=1S/C30H28F3N3O3/c1-18(2)16-26-27(29(39-20(4)37)36(35-26)25-7-5-6-19(3)17-25)21-10-14-24(15-11-21)34-28(38)22-8-12-23(13-9-22)30(31,32)33/h5-15,17-18H,16H2,1-4H3,(H,34,38). The van der Waals surface area contributed by atoms with Crippen molar-refractivity contribution in [3.63, 3.8) is 0 Å². The number of nitrogens with zero attached hydrogens (tertiary/aromatic N) is 2. The van der Waals surface area contributed by atoms with Gasteiger partial charge in [-0.3, -0.25) is 9.59 Å². The number of ether oxygens (including phenoxy) is 1. The van der Waals surface area contributed by atoms with Crippen molar-refractivity contribution >= 4 is 17.6 Å². The van der Waals surface area contributed by atoms with Gasteiger partial charge >= 0.3 is 12.1 Å². The lowest BCUT2D eigenvalue weighted by atomic mass is 9.99. The fraction of sp³-hybridized carbons (Fsp3) is 0.233. The fourth-order valence-electron chi connectivity index (χ4n) is 4.16. The number of aryl methyl sites for hydroxylation is 1. The van der Waals surface area contributed by atoms with Crippen molar-refractivity contribution < 1.29 is 27.5 Å². The molecule has 0 radical (unpaired) electrons. The van der Waals surface area contributed by atoms with E-state index < -0.39 is 23.6 Å². The molecule has 0 saturated carbocycles. The predicted molar refractivity (Wildman–Crippen MR) is 143 cm³/mol. The van der Waals surface area contributed by atoms with Crippen LogP contribution in [-0.2, 0) is 17.4 Å². The first-order chi connectivity index (χ1) is 18.4. The van der Waals surface area contributed by atoms with E-state index in [9.17, 15) is 22.8 Å². The molecule has 1 aromatic heterocycles. The number of alkyl halides is 3. The smallest absolute Gasteiger partial charge is 0.407 e. The minimum absolute atomic E-state index is 0.0999. The normalized spacial score (nSPS) is 11.5. The predicted octanol–water partition coefficient (Wildman–Crippen LogP) is 7.24. The number of nitrogens with one attached hydrogen (secondary N) is 1. The van der Waals surface area contributed by atoms with Gasteiger partial charge in [-0.05, 0) is 78.9 Å². The van der Waals surface area contributed by atoms with Crippen LogP contribution in [-0.4, -0.2) is 21.7 Å². The Morgan fingerprint density at radius 3 is 2.23 bits per heavy atom. The third kappa shape index (κ3) is 6.54.